The number of carbonyl (C=O) groups excluding carboxylic acids is 2. The number of unbranched alkanes of at least 4 members (excludes halogenated alkanes) is 2. The Morgan fingerprint density at radius 2 is 2.15 bits per heavy atom. The SMILES string of the molecule is O=C(CCCCCN1C(=O)/C(=C\c2cccs2)SC1=S)Nc1nccs1. The van der Waals surface area contributed by atoms with Crippen molar-refractivity contribution in [2.75, 3.05) is 11.9 Å². The lowest BCUT2D eigenvalue weighted by Crippen LogP contribution is -2.29. The third kappa shape index (κ3) is 5.23. The number of hydrogen-bond acceptors (Lipinski definition) is 7. The lowest BCUT2D eigenvalue weighted by molar-refractivity contribution is -0.122. The number of thiazole rings is 1. The summed E-state index contributed by atoms with van der Waals surface area (Å²) in [5.74, 6) is -0.0423. The first-order chi connectivity index (χ1) is 12.6. The van der Waals surface area contributed by atoms with Gasteiger partial charge in [-0.05, 0) is 30.4 Å². The van der Waals surface area contributed by atoms with E-state index < -0.39 is 0 Å². The molecule has 1 aliphatic rings. The molecule has 0 atom stereocenters. The summed E-state index contributed by atoms with van der Waals surface area (Å²) in [6.07, 6.45) is 6.48. The normalized spacial score (nSPS) is 15.8. The number of thiophene rings is 1. The van der Waals surface area contributed by atoms with Crippen molar-refractivity contribution in [1.82, 2.24) is 9.88 Å². The van der Waals surface area contributed by atoms with Crippen LogP contribution in [0.1, 0.15) is 30.6 Å². The topological polar surface area (TPSA) is 62.3 Å². The number of thioether (sulfide) groups is 1. The summed E-state index contributed by atoms with van der Waals surface area (Å²) >= 11 is 9.69. The zero-order valence-corrected chi connectivity index (χ0v) is 17.1. The van der Waals surface area contributed by atoms with Gasteiger partial charge in [0.2, 0.25) is 5.91 Å². The second-order valence-electron chi connectivity index (χ2n) is 5.54. The van der Waals surface area contributed by atoms with Crippen molar-refractivity contribution in [3.05, 3.63) is 38.9 Å². The van der Waals surface area contributed by atoms with Crippen molar-refractivity contribution in [3.63, 3.8) is 0 Å². The van der Waals surface area contributed by atoms with Crippen LogP contribution in [0.15, 0.2) is 34.0 Å². The van der Waals surface area contributed by atoms with E-state index in [1.165, 1.54) is 23.1 Å². The molecule has 26 heavy (non-hydrogen) atoms. The highest BCUT2D eigenvalue weighted by atomic mass is 32.2. The molecule has 9 heteroatoms. The van der Waals surface area contributed by atoms with E-state index in [0.29, 0.717) is 27.3 Å². The summed E-state index contributed by atoms with van der Waals surface area (Å²) in [4.78, 5) is 31.7. The van der Waals surface area contributed by atoms with Crippen LogP contribution >= 0.6 is 46.7 Å². The van der Waals surface area contributed by atoms with Crippen LogP contribution in [0.25, 0.3) is 6.08 Å². The average Bonchev–Trinajstić information content (AvgIpc) is 3.34. The number of anilines is 1. The number of thiocarbonyl (C=S) groups is 1. The van der Waals surface area contributed by atoms with Crippen LogP contribution in [0.2, 0.25) is 0 Å². The smallest absolute Gasteiger partial charge is 0.266 e. The first kappa shape index (κ1) is 19.2. The second-order valence-corrected chi connectivity index (χ2v) is 9.09. The van der Waals surface area contributed by atoms with Crippen LogP contribution in [0.4, 0.5) is 5.13 Å². The zero-order valence-electron chi connectivity index (χ0n) is 13.8. The van der Waals surface area contributed by atoms with Crippen molar-refractivity contribution in [2.24, 2.45) is 0 Å². The van der Waals surface area contributed by atoms with Crippen molar-refractivity contribution in [2.45, 2.75) is 25.7 Å². The first-order valence-corrected chi connectivity index (χ1v) is 11.1. The number of amides is 2. The lowest BCUT2D eigenvalue weighted by atomic mass is 10.2. The summed E-state index contributed by atoms with van der Waals surface area (Å²) in [6.45, 7) is 0.598. The van der Waals surface area contributed by atoms with E-state index in [9.17, 15) is 9.59 Å². The van der Waals surface area contributed by atoms with Gasteiger partial charge in [0.1, 0.15) is 4.32 Å². The maximum atomic E-state index is 12.5. The largest absolute Gasteiger partial charge is 0.302 e. The minimum Gasteiger partial charge on any atom is -0.302 e. The third-order valence-corrected chi connectivity index (χ3v) is 6.54. The van der Waals surface area contributed by atoms with Crippen LogP contribution in [-0.4, -0.2) is 32.6 Å². The maximum Gasteiger partial charge on any atom is 0.266 e. The molecule has 0 unspecified atom stereocenters. The van der Waals surface area contributed by atoms with Crippen molar-refractivity contribution >= 4 is 74.0 Å². The van der Waals surface area contributed by atoms with Crippen LogP contribution in [0, 0.1) is 0 Å². The van der Waals surface area contributed by atoms with Crippen LogP contribution in [0.3, 0.4) is 0 Å². The molecule has 0 aliphatic carbocycles. The molecule has 1 saturated heterocycles. The quantitative estimate of drug-likeness (QED) is 0.382. The summed E-state index contributed by atoms with van der Waals surface area (Å²) in [6, 6.07) is 3.94. The Kier molecular flexibility index (Phi) is 6.95. The third-order valence-electron chi connectivity index (χ3n) is 3.65. The van der Waals surface area contributed by atoms with E-state index in [1.807, 2.05) is 29.0 Å². The number of nitrogens with zero attached hydrogens (tertiary/aromatic N) is 2. The van der Waals surface area contributed by atoms with Gasteiger partial charge in [0.05, 0.1) is 4.91 Å². The molecule has 2 amide bonds. The molecule has 3 rings (SSSR count). The van der Waals surface area contributed by atoms with Crippen molar-refractivity contribution in [1.29, 1.82) is 0 Å². The van der Waals surface area contributed by atoms with Gasteiger partial charge in [-0.2, -0.15) is 0 Å². The molecule has 0 spiro atoms. The molecular weight excluding hydrogens is 406 g/mol. The lowest BCUT2D eigenvalue weighted by Gasteiger charge is -2.13. The summed E-state index contributed by atoms with van der Waals surface area (Å²) in [5.41, 5.74) is 0. The van der Waals surface area contributed by atoms with Crippen molar-refractivity contribution in [3.8, 4) is 0 Å². The van der Waals surface area contributed by atoms with E-state index >= 15 is 0 Å². The number of aromatic nitrogens is 1. The maximum absolute atomic E-state index is 12.5. The Bertz CT molecular complexity index is 800. The fourth-order valence-corrected chi connectivity index (χ4v) is 4.97. The zero-order chi connectivity index (χ0) is 18.4. The Labute approximate surface area is 169 Å². The van der Waals surface area contributed by atoms with Gasteiger partial charge in [-0.1, -0.05) is 36.5 Å². The minimum absolute atomic E-state index is 0.0186. The number of rotatable bonds is 8. The predicted molar refractivity (Wildman–Crippen MR) is 113 cm³/mol. The summed E-state index contributed by atoms with van der Waals surface area (Å²) < 4.78 is 0.610. The van der Waals surface area contributed by atoms with Gasteiger partial charge in [0.25, 0.3) is 5.91 Å². The summed E-state index contributed by atoms with van der Waals surface area (Å²) in [7, 11) is 0. The molecule has 1 N–H and O–H groups in total. The molecule has 1 aliphatic heterocycles. The standard InChI is InChI=1S/C17H17N3O2S4/c21-14(19-16-18-7-10-25-16)6-2-1-3-8-20-15(22)13(26-17(20)23)11-12-5-4-9-24-12/h4-5,7,9-11H,1-3,6,8H2,(H,18,19,21)/b13-11+. The second kappa shape index (κ2) is 9.40. The predicted octanol–water partition coefficient (Wildman–Crippen LogP) is 4.60. The Morgan fingerprint density at radius 3 is 2.88 bits per heavy atom. The van der Waals surface area contributed by atoms with Gasteiger partial charge in [0, 0.05) is 29.4 Å². The number of nitrogens with one attached hydrogen (secondary N) is 1. The molecule has 5 nitrogen and oxygen atoms in total. The highest BCUT2D eigenvalue weighted by Gasteiger charge is 2.31. The molecule has 0 radical (unpaired) electrons. The van der Waals surface area contributed by atoms with Gasteiger partial charge in [-0.3, -0.25) is 14.5 Å². The van der Waals surface area contributed by atoms with Gasteiger partial charge in [-0.15, -0.1) is 22.7 Å². The monoisotopic (exact) mass is 423 g/mol. The number of hydrogen-bond donors (Lipinski definition) is 1. The average molecular weight is 424 g/mol. The van der Waals surface area contributed by atoms with E-state index in [0.717, 1.165) is 24.1 Å². The van der Waals surface area contributed by atoms with Gasteiger partial charge >= 0.3 is 0 Å². The fraction of sp³-hybridized carbons (Fsp3) is 0.294. The molecule has 0 bridgehead atoms. The Morgan fingerprint density at radius 1 is 1.27 bits per heavy atom. The van der Waals surface area contributed by atoms with E-state index in [1.54, 1.807) is 22.4 Å². The Hall–Kier alpha value is -1.55. The van der Waals surface area contributed by atoms with Gasteiger partial charge in [0.15, 0.2) is 5.13 Å². The molecule has 3 heterocycles. The number of carbonyl (C=O) groups is 2. The minimum atomic E-state index is -0.0237. The van der Waals surface area contributed by atoms with Gasteiger partial charge in [-0.25, -0.2) is 4.98 Å². The van der Waals surface area contributed by atoms with E-state index in [-0.39, 0.29) is 11.8 Å². The molecule has 1 fully saturated rings. The molecule has 0 aromatic carbocycles. The molecule has 0 saturated carbocycles. The molecule has 2 aromatic rings. The van der Waals surface area contributed by atoms with E-state index in [2.05, 4.69) is 10.3 Å². The van der Waals surface area contributed by atoms with Crippen molar-refractivity contribution < 1.29 is 9.59 Å². The van der Waals surface area contributed by atoms with Crippen LogP contribution < -0.4 is 5.32 Å². The highest BCUT2D eigenvalue weighted by molar-refractivity contribution is 8.26. The fourth-order valence-electron chi connectivity index (χ4n) is 2.39. The highest BCUT2D eigenvalue weighted by Crippen LogP contribution is 2.33. The van der Waals surface area contributed by atoms with Gasteiger partial charge < -0.3 is 5.32 Å². The van der Waals surface area contributed by atoms with Crippen LogP contribution in [-0.2, 0) is 9.59 Å². The Balaban J connectivity index is 1.38. The first-order valence-electron chi connectivity index (χ1n) is 8.12. The molecular formula is C17H17N3O2S4. The molecule has 2 aromatic heterocycles. The molecule has 136 valence electrons. The summed E-state index contributed by atoms with van der Waals surface area (Å²) in [5, 5.41) is 7.21. The van der Waals surface area contributed by atoms with Crippen LogP contribution in [0.5, 0.6) is 0 Å². The van der Waals surface area contributed by atoms with E-state index in [4.69, 9.17) is 12.2 Å².